The number of aromatic amines is 1. The Morgan fingerprint density at radius 3 is 2.91 bits per heavy atom. The van der Waals surface area contributed by atoms with Crippen LogP contribution in [0.3, 0.4) is 0 Å². The Kier molecular flexibility index (Phi) is 5.22. The summed E-state index contributed by atoms with van der Waals surface area (Å²) in [7, 11) is 1.28. The molecular formula is C11H11N5O4S2. The van der Waals surface area contributed by atoms with Crippen LogP contribution >= 0.6 is 23.1 Å². The number of nitrogens with zero attached hydrogens (tertiary/aromatic N) is 3. The van der Waals surface area contributed by atoms with Gasteiger partial charge in [-0.15, -0.1) is 0 Å². The molecule has 0 atom stereocenters. The zero-order chi connectivity index (χ0) is 16.1. The number of aryl methyl sites for hydroxylation is 1. The molecule has 1 amide bonds. The molecule has 116 valence electrons. The minimum Gasteiger partial charge on any atom is -0.465 e. The number of hydrogen-bond acceptors (Lipinski definition) is 9. The van der Waals surface area contributed by atoms with Crippen LogP contribution in [0.25, 0.3) is 0 Å². The molecule has 0 saturated carbocycles. The maximum atomic E-state index is 11.8. The molecule has 0 unspecified atom stereocenters. The highest BCUT2D eigenvalue weighted by molar-refractivity contribution is 7.99. The summed E-state index contributed by atoms with van der Waals surface area (Å²) in [6.07, 6.45) is 1.35. The van der Waals surface area contributed by atoms with E-state index in [0.717, 1.165) is 23.1 Å². The second kappa shape index (κ2) is 7.13. The van der Waals surface area contributed by atoms with Crippen LogP contribution in [0.1, 0.15) is 15.4 Å². The van der Waals surface area contributed by atoms with Gasteiger partial charge in [0.05, 0.1) is 24.8 Å². The van der Waals surface area contributed by atoms with Crippen molar-refractivity contribution in [2.75, 3.05) is 18.2 Å². The number of carbonyl (C=O) groups is 2. The maximum absolute atomic E-state index is 11.8. The quantitative estimate of drug-likeness (QED) is 0.593. The number of H-pyrrole nitrogens is 1. The smallest absolute Gasteiger partial charge is 0.362 e. The Morgan fingerprint density at radius 2 is 2.23 bits per heavy atom. The minimum atomic E-state index is -0.580. The van der Waals surface area contributed by atoms with Crippen molar-refractivity contribution in [3.8, 4) is 0 Å². The van der Waals surface area contributed by atoms with Gasteiger partial charge in [0.2, 0.25) is 5.91 Å². The third-order valence-corrected chi connectivity index (χ3v) is 4.26. The van der Waals surface area contributed by atoms with E-state index in [0.29, 0.717) is 20.7 Å². The molecule has 2 N–H and O–H groups in total. The van der Waals surface area contributed by atoms with E-state index in [4.69, 9.17) is 0 Å². The lowest BCUT2D eigenvalue weighted by molar-refractivity contribution is -0.113. The third-order valence-electron chi connectivity index (χ3n) is 2.31. The Bertz CT molecular complexity index is 757. The number of carbonyl (C=O) groups excluding carboxylic acids is 2. The Hall–Kier alpha value is -2.27. The van der Waals surface area contributed by atoms with E-state index in [-0.39, 0.29) is 11.7 Å². The molecule has 2 rings (SSSR count). The van der Waals surface area contributed by atoms with Crippen molar-refractivity contribution in [3.63, 3.8) is 0 Å². The van der Waals surface area contributed by atoms with E-state index < -0.39 is 11.7 Å². The van der Waals surface area contributed by atoms with Crippen LogP contribution in [-0.2, 0) is 9.53 Å². The number of anilines is 1. The standard InChI is InChI=1S/C11H11N5O4S2/c1-5-8(9(18)20-2)22-11(13-5)14-6(17)4-21-7-3-12-16-10(19)15-7/h3H,4H2,1-2H3,(H,13,14,17)(H,15,16,19). The predicted molar refractivity (Wildman–Crippen MR) is 80.2 cm³/mol. The molecule has 11 heteroatoms. The van der Waals surface area contributed by atoms with E-state index in [1.54, 1.807) is 6.92 Å². The molecule has 0 aliphatic rings. The summed E-state index contributed by atoms with van der Waals surface area (Å²) >= 11 is 2.10. The number of aromatic nitrogens is 4. The van der Waals surface area contributed by atoms with Crippen LogP contribution in [0, 0.1) is 6.92 Å². The molecule has 0 fully saturated rings. The summed E-state index contributed by atoms with van der Waals surface area (Å²) in [6, 6.07) is 0. The van der Waals surface area contributed by atoms with Gasteiger partial charge < -0.3 is 10.1 Å². The van der Waals surface area contributed by atoms with Crippen LogP contribution in [-0.4, -0.2) is 44.9 Å². The van der Waals surface area contributed by atoms with Crippen molar-refractivity contribution in [1.29, 1.82) is 0 Å². The van der Waals surface area contributed by atoms with Gasteiger partial charge in [0.15, 0.2) is 5.13 Å². The molecule has 2 heterocycles. The third kappa shape index (κ3) is 4.11. The number of nitrogens with one attached hydrogen (secondary N) is 2. The number of methoxy groups -OCH3 is 1. The maximum Gasteiger partial charge on any atom is 0.362 e. The Labute approximate surface area is 132 Å². The second-order valence-electron chi connectivity index (χ2n) is 3.89. The van der Waals surface area contributed by atoms with Gasteiger partial charge in [0.1, 0.15) is 9.90 Å². The summed E-state index contributed by atoms with van der Waals surface area (Å²) in [5, 5.41) is 8.93. The molecule has 2 aromatic heterocycles. The number of thiazole rings is 1. The van der Waals surface area contributed by atoms with E-state index in [1.807, 2.05) is 0 Å². The number of esters is 1. The van der Waals surface area contributed by atoms with Crippen molar-refractivity contribution in [2.45, 2.75) is 11.9 Å². The number of hydrogen-bond donors (Lipinski definition) is 2. The van der Waals surface area contributed by atoms with Crippen molar-refractivity contribution in [1.82, 2.24) is 20.2 Å². The molecule has 0 radical (unpaired) electrons. The highest BCUT2D eigenvalue weighted by Gasteiger charge is 2.17. The Balaban J connectivity index is 1.95. The molecule has 9 nitrogen and oxygen atoms in total. The molecule has 0 spiro atoms. The summed E-state index contributed by atoms with van der Waals surface area (Å²) < 4.78 is 4.62. The fourth-order valence-corrected chi connectivity index (χ4v) is 2.92. The van der Waals surface area contributed by atoms with Crippen molar-refractivity contribution in [3.05, 3.63) is 27.3 Å². The average Bonchev–Trinajstić information content (AvgIpc) is 2.85. The molecule has 0 saturated heterocycles. The average molecular weight is 341 g/mol. The van der Waals surface area contributed by atoms with E-state index in [1.165, 1.54) is 13.3 Å². The number of amides is 1. The topological polar surface area (TPSA) is 127 Å². The number of rotatable bonds is 5. The molecule has 22 heavy (non-hydrogen) atoms. The van der Waals surface area contributed by atoms with Crippen LogP contribution in [0.2, 0.25) is 0 Å². The Morgan fingerprint density at radius 1 is 1.45 bits per heavy atom. The summed E-state index contributed by atoms with van der Waals surface area (Å²) in [5.41, 5.74) is -0.0936. The van der Waals surface area contributed by atoms with Crippen LogP contribution < -0.4 is 11.0 Å². The van der Waals surface area contributed by atoms with Crippen molar-refractivity contribution in [2.24, 2.45) is 0 Å². The lowest BCUT2D eigenvalue weighted by Gasteiger charge is -2.00. The van der Waals surface area contributed by atoms with Gasteiger partial charge in [-0.1, -0.05) is 23.1 Å². The van der Waals surface area contributed by atoms with Crippen LogP contribution in [0.5, 0.6) is 0 Å². The summed E-state index contributed by atoms with van der Waals surface area (Å²) in [6.45, 7) is 1.65. The fraction of sp³-hybridized carbons (Fsp3) is 0.273. The predicted octanol–water partition coefficient (Wildman–Crippen LogP) is 0.447. The molecule has 0 aromatic carbocycles. The largest absolute Gasteiger partial charge is 0.465 e. The van der Waals surface area contributed by atoms with Gasteiger partial charge in [0.25, 0.3) is 0 Å². The zero-order valence-electron chi connectivity index (χ0n) is 11.6. The van der Waals surface area contributed by atoms with Crippen LogP contribution in [0.15, 0.2) is 16.0 Å². The van der Waals surface area contributed by atoms with Crippen molar-refractivity contribution < 1.29 is 14.3 Å². The van der Waals surface area contributed by atoms with E-state index in [9.17, 15) is 14.4 Å². The van der Waals surface area contributed by atoms with Gasteiger partial charge in [-0.2, -0.15) is 10.1 Å². The lowest BCUT2D eigenvalue weighted by atomic mass is 10.4. The zero-order valence-corrected chi connectivity index (χ0v) is 13.2. The van der Waals surface area contributed by atoms with E-state index >= 15 is 0 Å². The molecule has 0 aliphatic heterocycles. The van der Waals surface area contributed by atoms with E-state index in [2.05, 4.69) is 30.2 Å². The van der Waals surface area contributed by atoms with Gasteiger partial charge in [0, 0.05) is 0 Å². The number of thioether (sulfide) groups is 1. The second-order valence-corrected chi connectivity index (χ2v) is 5.88. The minimum absolute atomic E-state index is 0.0321. The highest BCUT2D eigenvalue weighted by atomic mass is 32.2. The summed E-state index contributed by atoms with van der Waals surface area (Å²) in [5.74, 6) is -0.800. The van der Waals surface area contributed by atoms with Gasteiger partial charge in [-0.05, 0) is 6.92 Å². The lowest BCUT2D eigenvalue weighted by Crippen LogP contribution is -2.16. The molecule has 0 bridgehead atoms. The van der Waals surface area contributed by atoms with Crippen LogP contribution in [0.4, 0.5) is 5.13 Å². The SMILES string of the molecule is COC(=O)c1sc(NC(=O)CSc2cn[nH]c(=O)n2)nc1C. The molecule has 0 aliphatic carbocycles. The highest BCUT2D eigenvalue weighted by Crippen LogP contribution is 2.23. The monoisotopic (exact) mass is 341 g/mol. The molecular weight excluding hydrogens is 330 g/mol. The first kappa shape index (κ1) is 16.1. The van der Waals surface area contributed by atoms with Gasteiger partial charge >= 0.3 is 11.7 Å². The molecule has 2 aromatic rings. The summed E-state index contributed by atoms with van der Waals surface area (Å²) in [4.78, 5) is 42.3. The normalized spacial score (nSPS) is 10.3. The fourth-order valence-electron chi connectivity index (χ4n) is 1.39. The number of ether oxygens (including phenoxy) is 1. The first-order valence-corrected chi connectivity index (χ1v) is 7.70. The first-order valence-electron chi connectivity index (χ1n) is 5.89. The first-order chi connectivity index (χ1) is 10.5. The van der Waals surface area contributed by atoms with Gasteiger partial charge in [-0.25, -0.2) is 19.7 Å². The van der Waals surface area contributed by atoms with Crippen molar-refractivity contribution >= 4 is 40.1 Å². The van der Waals surface area contributed by atoms with Gasteiger partial charge in [-0.3, -0.25) is 4.79 Å².